The van der Waals surface area contributed by atoms with E-state index in [9.17, 15) is 9.18 Å². The van der Waals surface area contributed by atoms with Gasteiger partial charge in [-0.15, -0.1) is 0 Å². The molecule has 1 aliphatic rings. The van der Waals surface area contributed by atoms with Gasteiger partial charge in [0.25, 0.3) is 5.91 Å². The highest BCUT2D eigenvalue weighted by molar-refractivity contribution is 7.00. The van der Waals surface area contributed by atoms with Crippen molar-refractivity contribution in [3.63, 3.8) is 0 Å². The third-order valence-electron chi connectivity index (χ3n) is 4.41. The first kappa shape index (κ1) is 14.3. The van der Waals surface area contributed by atoms with Crippen LogP contribution in [0.15, 0.2) is 42.5 Å². The van der Waals surface area contributed by atoms with Crippen molar-refractivity contribution in [3.8, 4) is 0 Å². The summed E-state index contributed by atoms with van der Waals surface area (Å²) >= 11 is 1.14. The van der Waals surface area contributed by atoms with E-state index in [1.165, 1.54) is 12.1 Å². The van der Waals surface area contributed by atoms with Crippen LogP contribution in [0, 0.1) is 5.82 Å². The van der Waals surface area contributed by atoms with E-state index in [4.69, 9.17) is 0 Å². The second-order valence-electron chi connectivity index (χ2n) is 5.94. The van der Waals surface area contributed by atoms with Crippen LogP contribution in [0.3, 0.4) is 0 Å². The average molecular weight is 327 g/mol. The molecule has 1 amide bonds. The van der Waals surface area contributed by atoms with Crippen LogP contribution in [0.1, 0.15) is 28.8 Å². The number of carbonyl (C=O) groups is 1. The number of aromatic nitrogens is 2. The van der Waals surface area contributed by atoms with E-state index in [-0.39, 0.29) is 17.1 Å². The number of nitrogens with one attached hydrogen (secondary N) is 1. The summed E-state index contributed by atoms with van der Waals surface area (Å²) in [5, 5.41) is 2.99. The standard InChI is InChI=1S/C17H14FN3OS/c18-13-4-2-12(3-5-13)17(7-8-17)10-19-16(22)11-1-6-14-15(9-11)21-23-20-14/h1-6,9H,7-8,10H2,(H,19,22). The zero-order chi connectivity index (χ0) is 15.9. The van der Waals surface area contributed by atoms with Gasteiger partial charge in [-0.1, -0.05) is 12.1 Å². The molecular weight excluding hydrogens is 313 g/mol. The molecule has 0 bridgehead atoms. The van der Waals surface area contributed by atoms with Crippen molar-refractivity contribution in [1.29, 1.82) is 0 Å². The van der Waals surface area contributed by atoms with E-state index in [0.29, 0.717) is 12.1 Å². The summed E-state index contributed by atoms with van der Waals surface area (Å²) in [5.41, 5.74) is 3.16. The van der Waals surface area contributed by atoms with Gasteiger partial charge >= 0.3 is 0 Å². The van der Waals surface area contributed by atoms with Gasteiger partial charge in [-0.05, 0) is 48.7 Å². The predicted octanol–water partition coefficient (Wildman–Crippen LogP) is 3.29. The largest absolute Gasteiger partial charge is 0.351 e. The van der Waals surface area contributed by atoms with Crippen molar-refractivity contribution in [2.24, 2.45) is 0 Å². The lowest BCUT2D eigenvalue weighted by molar-refractivity contribution is 0.0950. The van der Waals surface area contributed by atoms with Gasteiger partial charge in [-0.3, -0.25) is 4.79 Å². The molecule has 2 aromatic carbocycles. The zero-order valence-electron chi connectivity index (χ0n) is 12.3. The molecule has 0 radical (unpaired) electrons. The summed E-state index contributed by atoms with van der Waals surface area (Å²) in [7, 11) is 0. The highest BCUT2D eigenvalue weighted by Gasteiger charge is 2.44. The van der Waals surface area contributed by atoms with E-state index in [0.717, 1.165) is 41.2 Å². The Kier molecular flexibility index (Phi) is 3.34. The molecule has 1 aliphatic carbocycles. The number of rotatable bonds is 4. The van der Waals surface area contributed by atoms with Crippen LogP contribution >= 0.6 is 11.7 Å². The number of halogens is 1. The predicted molar refractivity (Wildman–Crippen MR) is 87.1 cm³/mol. The van der Waals surface area contributed by atoms with Gasteiger partial charge in [-0.2, -0.15) is 8.75 Å². The summed E-state index contributed by atoms with van der Waals surface area (Å²) in [6, 6.07) is 11.9. The molecule has 116 valence electrons. The minimum atomic E-state index is -0.237. The molecule has 1 fully saturated rings. The van der Waals surface area contributed by atoms with Gasteiger partial charge in [-0.25, -0.2) is 4.39 Å². The Labute approximate surface area is 136 Å². The summed E-state index contributed by atoms with van der Waals surface area (Å²) < 4.78 is 21.3. The van der Waals surface area contributed by atoms with Crippen LogP contribution in [0.25, 0.3) is 11.0 Å². The number of benzene rings is 2. The Balaban J connectivity index is 1.47. The summed E-state index contributed by atoms with van der Waals surface area (Å²) in [5.74, 6) is -0.355. The van der Waals surface area contributed by atoms with Gasteiger partial charge in [0.05, 0.1) is 11.7 Å². The second-order valence-corrected chi connectivity index (χ2v) is 6.47. The Morgan fingerprint density at radius 2 is 1.87 bits per heavy atom. The van der Waals surface area contributed by atoms with Crippen molar-refractivity contribution in [1.82, 2.24) is 14.1 Å². The SMILES string of the molecule is O=C(NCC1(c2ccc(F)cc2)CC1)c1ccc2nsnc2c1. The maximum Gasteiger partial charge on any atom is 0.251 e. The van der Waals surface area contributed by atoms with Crippen LogP contribution in [-0.4, -0.2) is 21.2 Å². The van der Waals surface area contributed by atoms with Crippen LogP contribution in [0.4, 0.5) is 4.39 Å². The van der Waals surface area contributed by atoms with Crippen molar-refractivity contribution in [2.45, 2.75) is 18.3 Å². The smallest absolute Gasteiger partial charge is 0.251 e. The molecule has 6 heteroatoms. The van der Waals surface area contributed by atoms with E-state index in [1.807, 2.05) is 12.1 Å². The third-order valence-corrected chi connectivity index (χ3v) is 4.97. The average Bonchev–Trinajstić information content (AvgIpc) is 3.21. The third kappa shape index (κ3) is 2.70. The van der Waals surface area contributed by atoms with Gasteiger partial charge in [0, 0.05) is 17.5 Å². The Morgan fingerprint density at radius 1 is 1.13 bits per heavy atom. The molecule has 4 nitrogen and oxygen atoms in total. The summed E-state index contributed by atoms with van der Waals surface area (Å²) in [4.78, 5) is 12.4. The fourth-order valence-corrected chi connectivity index (χ4v) is 3.31. The summed E-state index contributed by atoms with van der Waals surface area (Å²) in [6.07, 6.45) is 2.02. The molecular formula is C17H14FN3OS. The molecule has 23 heavy (non-hydrogen) atoms. The van der Waals surface area contributed by atoms with Crippen molar-refractivity contribution >= 4 is 28.7 Å². The van der Waals surface area contributed by atoms with E-state index >= 15 is 0 Å². The molecule has 0 saturated heterocycles. The monoisotopic (exact) mass is 327 g/mol. The van der Waals surface area contributed by atoms with E-state index in [1.54, 1.807) is 18.2 Å². The van der Waals surface area contributed by atoms with Crippen molar-refractivity contribution in [3.05, 3.63) is 59.4 Å². The fraction of sp³-hybridized carbons (Fsp3) is 0.235. The lowest BCUT2D eigenvalue weighted by Crippen LogP contribution is -2.32. The molecule has 0 spiro atoms. The first-order chi connectivity index (χ1) is 11.2. The maximum absolute atomic E-state index is 13.1. The molecule has 1 aromatic heterocycles. The van der Waals surface area contributed by atoms with Crippen LogP contribution in [0.5, 0.6) is 0 Å². The number of amides is 1. The summed E-state index contributed by atoms with van der Waals surface area (Å²) in [6.45, 7) is 0.560. The maximum atomic E-state index is 13.1. The van der Waals surface area contributed by atoms with Gasteiger partial charge in [0.15, 0.2) is 0 Å². The Bertz CT molecular complexity index is 871. The van der Waals surface area contributed by atoms with E-state index < -0.39 is 0 Å². The molecule has 1 heterocycles. The molecule has 0 unspecified atom stereocenters. The highest BCUT2D eigenvalue weighted by atomic mass is 32.1. The lowest BCUT2D eigenvalue weighted by atomic mass is 9.96. The quantitative estimate of drug-likeness (QED) is 0.800. The minimum absolute atomic E-state index is 0.0460. The van der Waals surface area contributed by atoms with Crippen molar-refractivity contribution < 1.29 is 9.18 Å². The second kappa shape index (κ2) is 5.38. The zero-order valence-corrected chi connectivity index (χ0v) is 13.1. The van der Waals surface area contributed by atoms with Crippen LogP contribution in [-0.2, 0) is 5.41 Å². The molecule has 0 atom stereocenters. The highest BCUT2D eigenvalue weighted by Crippen LogP contribution is 2.47. The molecule has 0 aliphatic heterocycles. The normalized spacial score (nSPS) is 15.5. The number of hydrogen-bond donors (Lipinski definition) is 1. The molecule has 1 N–H and O–H groups in total. The first-order valence-corrected chi connectivity index (χ1v) is 8.16. The fourth-order valence-electron chi connectivity index (χ4n) is 2.80. The van der Waals surface area contributed by atoms with Gasteiger partial charge in [0.2, 0.25) is 0 Å². The molecule has 1 saturated carbocycles. The Hall–Kier alpha value is -2.34. The number of nitrogens with zero attached hydrogens (tertiary/aromatic N) is 2. The Morgan fingerprint density at radius 3 is 2.61 bits per heavy atom. The number of hydrogen-bond acceptors (Lipinski definition) is 4. The van der Waals surface area contributed by atoms with Crippen molar-refractivity contribution in [2.75, 3.05) is 6.54 Å². The topological polar surface area (TPSA) is 54.9 Å². The lowest BCUT2D eigenvalue weighted by Gasteiger charge is -2.16. The van der Waals surface area contributed by atoms with Crippen LogP contribution < -0.4 is 5.32 Å². The van der Waals surface area contributed by atoms with Gasteiger partial charge in [0.1, 0.15) is 16.9 Å². The molecule has 4 rings (SSSR count). The molecule has 3 aromatic rings. The van der Waals surface area contributed by atoms with E-state index in [2.05, 4.69) is 14.1 Å². The first-order valence-electron chi connectivity index (χ1n) is 7.43. The number of carbonyl (C=O) groups excluding carboxylic acids is 1. The minimum Gasteiger partial charge on any atom is -0.351 e. The van der Waals surface area contributed by atoms with Gasteiger partial charge < -0.3 is 5.32 Å². The van der Waals surface area contributed by atoms with Crippen LogP contribution in [0.2, 0.25) is 0 Å². The number of fused-ring (bicyclic) bond motifs is 1.